The molecule has 440 valence electrons. The number of amides is 5. The molecular formula is C59H72F5N11O6S. The summed E-state index contributed by atoms with van der Waals surface area (Å²) < 4.78 is 72.1. The number of β-amino-alcohol motifs (C(OH)–C–C–N with tert-alkyl or cyclic N) is 1. The number of aliphatic hydroxyl groups excluding tert-OH is 1. The zero-order valence-electron chi connectivity index (χ0n) is 47.3. The topological polar surface area (TPSA) is 197 Å². The maximum Gasteiger partial charge on any atom is 0.417 e. The number of hydrogen-bond donors (Lipinski definition) is 4. The van der Waals surface area contributed by atoms with Gasteiger partial charge in [0.15, 0.2) is 0 Å². The van der Waals surface area contributed by atoms with Crippen molar-refractivity contribution < 1.29 is 51.0 Å². The predicted octanol–water partition coefficient (Wildman–Crippen LogP) is 8.45. The van der Waals surface area contributed by atoms with Crippen LogP contribution >= 0.6 is 11.3 Å². The fourth-order valence-corrected chi connectivity index (χ4v) is 11.6. The van der Waals surface area contributed by atoms with Crippen molar-refractivity contribution in [2.45, 2.75) is 129 Å². The van der Waals surface area contributed by atoms with Crippen LogP contribution in [0, 0.1) is 24.0 Å². The molecule has 0 bridgehead atoms. The van der Waals surface area contributed by atoms with Gasteiger partial charge in [0, 0.05) is 107 Å². The molecule has 0 saturated carbocycles. The highest BCUT2D eigenvalue weighted by Crippen LogP contribution is 2.38. The Hall–Kier alpha value is -7.11. The van der Waals surface area contributed by atoms with E-state index in [1.54, 1.807) is 21.7 Å². The molecule has 0 aliphatic carbocycles. The number of aromatic nitrogens is 3. The lowest BCUT2D eigenvalue weighted by Crippen LogP contribution is -2.57. The number of aliphatic hydroxyl groups is 1. The van der Waals surface area contributed by atoms with Crippen LogP contribution in [0.5, 0.6) is 0 Å². The van der Waals surface area contributed by atoms with Crippen LogP contribution in [0.25, 0.3) is 21.6 Å². The van der Waals surface area contributed by atoms with Gasteiger partial charge >= 0.3 is 6.18 Å². The van der Waals surface area contributed by atoms with Gasteiger partial charge in [0.05, 0.1) is 44.7 Å². The fraction of sp³-hybridized carbons (Fsp3) is 0.492. The van der Waals surface area contributed by atoms with E-state index in [1.807, 2.05) is 82.7 Å². The van der Waals surface area contributed by atoms with Gasteiger partial charge in [0.25, 0.3) is 5.91 Å². The number of unbranched alkanes of at least 4 members (excludes halogenated alkanes) is 3. The zero-order chi connectivity index (χ0) is 59.2. The number of hydrogen-bond acceptors (Lipinski definition) is 13. The van der Waals surface area contributed by atoms with E-state index in [0.717, 1.165) is 33.8 Å². The van der Waals surface area contributed by atoms with Crippen molar-refractivity contribution in [3.8, 4) is 21.6 Å². The molecule has 17 nitrogen and oxygen atoms in total. The van der Waals surface area contributed by atoms with E-state index in [-0.39, 0.29) is 84.3 Å². The monoisotopic (exact) mass is 1160 g/mol. The van der Waals surface area contributed by atoms with Gasteiger partial charge in [0.1, 0.15) is 23.7 Å². The van der Waals surface area contributed by atoms with Crippen molar-refractivity contribution in [2.24, 2.45) is 5.41 Å². The van der Waals surface area contributed by atoms with Crippen LogP contribution in [-0.4, -0.2) is 147 Å². The largest absolute Gasteiger partial charge is 0.417 e. The van der Waals surface area contributed by atoms with Gasteiger partial charge in [-0.15, -0.1) is 11.3 Å². The van der Waals surface area contributed by atoms with E-state index >= 15 is 4.39 Å². The highest BCUT2D eigenvalue weighted by atomic mass is 32.1. The summed E-state index contributed by atoms with van der Waals surface area (Å²) in [5.41, 5.74) is 2.26. The summed E-state index contributed by atoms with van der Waals surface area (Å²) in [6.45, 7) is 14.2. The van der Waals surface area contributed by atoms with Gasteiger partial charge < -0.3 is 40.7 Å². The molecule has 5 amide bonds. The van der Waals surface area contributed by atoms with E-state index in [9.17, 15) is 46.6 Å². The molecule has 3 fully saturated rings. The Balaban J connectivity index is 0.789. The molecule has 8 rings (SSSR count). The van der Waals surface area contributed by atoms with Crippen LogP contribution in [-0.2, 0) is 31.9 Å². The van der Waals surface area contributed by atoms with Crippen LogP contribution < -0.4 is 25.8 Å². The minimum atomic E-state index is -5.03. The smallest absolute Gasteiger partial charge is 0.391 e. The number of nitrogens with zero attached hydrogens (tertiary/aromatic N) is 8. The molecule has 5 atom stereocenters. The summed E-state index contributed by atoms with van der Waals surface area (Å²) in [5.74, 6) is -3.77. The molecule has 23 heteroatoms. The zero-order valence-corrected chi connectivity index (χ0v) is 48.1. The molecule has 82 heavy (non-hydrogen) atoms. The lowest BCUT2D eigenvalue weighted by Gasteiger charge is -2.44. The molecule has 5 aromatic rings. The van der Waals surface area contributed by atoms with Crippen molar-refractivity contribution in [1.29, 1.82) is 0 Å². The molecule has 0 spiro atoms. The summed E-state index contributed by atoms with van der Waals surface area (Å²) in [7, 11) is 1.96. The number of carbonyl (C=O) groups excluding carboxylic acids is 5. The van der Waals surface area contributed by atoms with Gasteiger partial charge in [-0.2, -0.15) is 13.2 Å². The first kappa shape index (κ1) is 61.0. The molecule has 3 aliphatic heterocycles. The third-order valence-corrected chi connectivity index (χ3v) is 16.7. The van der Waals surface area contributed by atoms with Crippen LogP contribution in [0.3, 0.4) is 0 Å². The second kappa shape index (κ2) is 26.0. The summed E-state index contributed by atoms with van der Waals surface area (Å²) in [4.78, 5) is 91.2. The van der Waals surface area contributed by atoms with E-state index < -0.39 is 64.4 Å². The summed E-state index contributed by atoms with van der Waals surface area (Å²) in [5, 5.41) is 19.0. The van der Waals surface area contributed by atoms with Crippen molar-refractivity contribution in [3.63, 3.8) is 0 Å². The second-order valence-electron chi connectivity index (χ2n) is 22.8. The average molecular weight is 1160 g/mol. The van der Waals surface area contributed by atoms with E-state index in [4.69, 9.17) is 0 Å². The van der Waals surface area contributed by atoms with Crippen LogP contribution in [0.4, 0.5) is 39.3 Å². The lowest BCUT2D eigenvalue weighted by molar-refractivity contribution is -0.144. The summed E-state index contributed by atoms with van der Waals surface area (Å²) in [6, 6.07) is 10.4. The van der Waals surface area contributed by atoms with Gasteiger partial charge in [-0.05, 0) is 87.5 Å². The number of alkyl halides is 3. The molecule has 3 aliphatic rings. The maximum absolute atomic E-state index is 16.2. The number of likely N-dealkylation sites (N-methyl/N-ethyl adjacent to an activating group) is 1. The van der Waals surface area contributed by atoms with E-state index in [0.29, 0.717) is 77.3 Å². The number of nitrogens with one attached hydrogen (secondary N) is 3. The quantitative estimate of drug-likeness (QED) is 0.0484. The molecule has 2 aromatic heterocycles. The third kappa shape index (κ3) is 14.7. The highest BCUT2D eigenvalue weighted by Gasteiger charge is 2.45. The first-order valence-electron chi connectivity index (χ1n) is 27.7. The Morgan fingerprint density at radius 1 is 0.805 bits per heavy atom. The van der Waals surface area contributed by atoms with Crippen molar-refractivity contribution in [3.05, 3.63) is 107 Å². The Morgan fingerprint density at radius 3 is 2.09 bits per heavy atom. The molecule has 0 radical (unpaired) electrons. The Morgan fingerprint density at radius 2 is 1.46 bits per heavy atom. The van der Waals surface area contributed by atoms with Gasteiger partial charge in [0.2, 0.25) is 29.6 Å². The fourth-order valence-electron chi connectivity index (χ4n) is 10.8. The van der Waals surface area contributed by atoms with Crippen LogP contribution in [0.2, 0.25) is 0 Å². The minimum Gasteiger partial charge on any atom is -0.391 e. The van der Waals surface area contributed by atoms with Crippen molar-refractivity contribution in [1.82, 2.24) is 40.3 Å². The van der Waals surface area contributed by atoms with Gasteiger partial charge in [-0.3, -0.25) is 28.9 Å². The van der Waals surface area contributed by atoms with E-state index in [2.05, 4.69) is 35.8 Å². The first-order chi connectivity index (χ1) is 38.9. The first-order valence-corrected chi connectivity index (χ1v) is 28.6. The number of rotatable bonds is 18. The van der Waals surface area contributed by atoms with Gasteiger partial charge in [-0.1, -0.05) is 57.9 Å². The Kier molecular flexibility index (Phi) is 19.3. The molecule has 3 saturated heterocycles. The molecule has 4 N–H and O–H groups in total. The van der Waals surface area contributed by atoms with Crippen molar-refractivity contribution >= 4 is 58.2 Å². The summed E-state index contributed by atoms with van der Waals surface area (Å²) >= 11 is 1.56. The number of likely N-dealkylation sites (tertiary alicyclic amines) is 1. The number of aryl methyl sites for hydroxylation is 1. The maximum atomic E-state index is 16.2. The standard InChI is InChI=1S/C59H72F5N11O6S/c1-35-31-74(32-36(2)71(35)7)48-27-46(61)44(26-47(48)69-54(79)43-19-18-41(60)24-45(43)59(62,63)64)40-29-66-57(67-30-40)73-22-20-72(21-23-73)51(78)13-11-9-8-10-12-50(77)70-53(58(4,5)6)56(81)75-33-42(76)25-49(75)55(80)65-28-38-14-16-39(17-15-38)52-37(3)68-34-82-52/h14-19,24,26-27,29-30,34-36,42,49,53,76H,8-13,20-23,25,28,31-33H2,1-7H3,(H,65,80)(H,69,79)(H,70,77)/t35-,36+,42-,49+,53?/m1/s1. The third-order valence-electron chi connectivity index (χ3n) is 15.7. The van der Waals surface area contributed by atoms with Crippen molar-refractivity contribution in [2.75, 3.05) is 68.0 Å². The minimum absolute atomic E-state index is 0.00733. The number of anilines is 3. The number of piperazine rings is 2. The predicted molar refractivity (Wildman–Crippen MR) is 304 cm³/mol. The second-order valence-corrected chi connectivity index (χ2v) is 23.6. The molecular weight excluding hydrogens is 1090 g/mol. The number of thiazole rings is 1. The highest BCUT2D eigenvalue weighted by molar-refractivity contribution is 7.13. The van der Waals surface area contributed by atoms with Gasteiger partial charge in [-0.25, -0.2) is 23.7 Å². The number of benzene rings is 3. The number of halogens is 5. The Bertz CT molecular complexity index is 3080. The lowest BCUT2D eigenvalue weighted by atomic mass is 9.85. The van der Waals surface area contributed by atoms with Crippen LogP contribution in [0.1, 0.15) is 107 Å². The van der Waals surface area contributed by atoms with E-state index in [1.165, 1.54) is 29.4 Å². The molecule has 3 aromatic carbocycles. The molecule has 5 heterocycles. The van der Waals surface area contributed by atoms with Crippen LogP contribution in [0.15, 0.2) is 72.5 Å². The Labute approximate surface area is 478 Å². The molecule has 1 unspecified atom stereocenters. The summed E-state index contributed by atoms with van der Waals surface area (Å²) in [6.07, 6.45) is 0.0261. The SMILES string of the molecule is Cc1ncsc1-c1ccc(CNC(=O)[C@@H]2C[C@@H](O)CN2C(=O)C(NC(=O)CCCCCCC(=O)N2CCN(c3ncc(-c4cc(NC(=O)c5ccc(F)cc5C(F)(F)F)c(N5C[C@@H](C)N(C)[C@@H](C)C5)cc4F)cn3)CC2)C(C)(C)C)cc1. The average Bonchev–Trinajstić information content (AvgIpc) is 4.14. The number of carbonyl (C=O) groups is 5. The normalized spacial score (nSPS) is 19.3.